The molecule has 106 valence electrons. The second kappa shape index (κ2) is 6.34. The van der Waals surface area contributed by atoms with Crippen LogP contribution in [0, 0.1) is 0 Å². The van der Waals surface area contributed by atoms with Crippen LogP contribution in [-0.2, 0) is 16.1 Å². The van der Waals surface area contributed by atoms with E-state index in [-0.39, 0.29) is 11.5 Å². The number of H-pyrrole nitrogens is 1. The molecule has 0 saturated heterocycles. The van der Waals surface area contributed by atoms with Crippen LogP contribution in [0.25, 0.3) is 10.9 Å². The largest absolute Gasteiger partial charge is 0.383 e. The lowest BCUT2D eigenvalue weighted by atomic mass is 10.1. The standard InChI is InChI=1S/C15H18N2O3/c1-11(18)17(7-8-20-2)10-13-9-12-5-3-4-6-14(12)16-15(13)19/h3-6,9H,7-8,10H2,1-2H3,(H,16,19). The zero-order chi connectivity index (χ0) is 14.5. The third kappa shape index (κ3) is 3.24. The number of nitrogens with zero attached hydrogens (tertiary/aromatic N) is 1. The molecule has 1 heterocycles. The van der Waals surface area contributed by atoms with Crippen LogP contribution in [0.15, 0.2) is 35.1 Å². The van der Waals surface area contributed by atoms with E-state index in [0.717, 1.165) is 10.9 Å². The van der Waals surface area contributed by atoms with Crippen molar-refractivity contribution in [2.45, 2.75) is 13.5 Å². The van der Waals surface area contributed by atoms with E-state index in [4.69, 9.17) is 4.74 Å². The Balaban J connectivity index is 2.29. The predicted octanol–water partition coefficient (Wildman–Crippen LogP) is 1.52. The van der Waals surface area contributed by atoms with E-state index >= 15 is 0 Å². The molecule has 5 nitrogen and oxygen atoms in total. The van der Waals surface area contributed by atoms with E-state index in [9.17, 15) is 9.59 Å². The van der Waals surface area contributed by atoms with Crippen LogP contribution in [0.4, 0.5) is 0 Å². The van der Waals surface area contributed by atoms with Gasteiger partial charge in [-0.1, -0.05) is 18.2 Å². The lowest BCUT2D eigenvalue weighted by molar-refractivity contribution is -0.130. The summed E-state index contributed by atoms with van der Waals surface area (Å²) < 4.78 is 4.98. The highest BCUT2D eigenvalue weighted by Gasteiger charge is 2.12. The number of amides is 1. The molecule has 0 aliphatic carbocycles. The van der Waals surface area contributed by atoms with Crippen molar-refractivity contribution in [1.82, 2.24) is 9.88 Å². The monoisotopic (exact) mass is 274 g/mol. The number of methoxy groups -OCH3 is 1. The van der Waals surface area contributed by atoms with Gasteiger partial charge in [-0.25, -0.2) is 0 Å². The van der Waals surface area contributed by atoms with Crippen molar-refractivity contribution in [3.63, 3.8) is 0 Å². The van der Waals surface area contributed by atoms with Crippen molar-refractivity contribution in [2.24, 2.45) is 0 Å². The minimum atomic E-state index is -0.160. The van der Waals surface area contributed by atoms with Gasteiger partial charge in [-0.2, -0.15) is 0 Å². The van der Waals surface area contributed by atoms with Crippen molar-refractivity contribution in [1.29, 1.82) is 0 Å². The molecule has 0 aliphatic heterocycles. The maximum absolute atomic E-state index is 12.0. The second-order valence-corrected chi connectivity index (χ2v) is 4.64. The summed E-state index contributed by atoms with van der Waals surface area (Å²) in [6, 6.07) is 9.41. The van der Waals surface area contributed by atoms with Gasteiger partial charge in [0.15, 0.2) is 0 Å². The number of fused-ring (bicyclic) bond motifs is 1. The lowest BCUT2D eigenvalue weighted by Gasteiger charge is -2.20. The van der Waals surface area contributed by atoms with Crippen molar-refractivity contribution >= 4 is 16.8 Å². The third-order valence-corrected chi connectivity index (χ3v) is 3.20. The molecule has 1 aromatic carbocycles. The highest BCUT2D eigenvalue weighted by Crippen LogP contribution is 2.11. The normalized spacial score (nSPS) is 10.7. The zero-order valence-corrected chi connectivity index (χ0v) is 11.7. The van der Waals surface area contributed by atoms with Crippen LogP contribution in [0.5, 0.6) is 0 Å². The molecule has 0 spiro atoms. The summed E-state index contributed by atoms with van der Waals surface area (Å²) >= 11 is 0. The highest BCUT2D eigenvalue weighted by molar-refractivity contribution is 5.79. The number of aromatic nitrogens is 1. The number of ether oxygens (including phenoxy) is 1. The summed E-state index contributed by atoms with van der Waals surface area (Å²) in [4.78, 5) is 28.1. The van der Waals surface area contributed by atoms with E-state index in [0.29, 0.717) is 25.3 Å². The van der Waals surface area contributed by atoms with E-state index in [2.05, 4.69) is 4.98 Å². The van der Waals surface area contributed by atoms with Crippen LogP contribution >= 0.6 is 0 Å². The Bertz CT molecular complexity index is 663. The first kappa shape index (κ1) is 14.3. The third-order valence-electron chi connectivity index (χ3n) is 3.20. The first-order chi connectivity index (χ1) is 9.61. The number of para-hydroxylation sites is 1. The van der Waals surface area contributed by atoms with Gasteiger partial charge in [0, 0.05) is 31.7 Å². The summed E-state index contributed by atoms with van der Waals surface area (Å²) in [5, 5.41) is 0.956. The summed E-state index contributed by atoms with van der Waals surface area (Å²) in [7, 11) is 1.58. The quantitative estimate of drug-likeness (QED) is 0.899. The maximum Gasteiger partial charge on any atom is 0.253 e. The molecule has 0 saturated carbocycles. The number of rotatable bonds is 5. The Kier molecular flexibility index (Phi) is 4.53. The molecule has 1 N–H and O–H groups in total. The predicted molar refractivity (Wildman–Crippen MR) is 77.5 cm³/mol. The van der Waals surface area contributed by atoms with E-state index in [1.54, 1.807) is 12.0 Å². The van der Waals surface area contributed by atoms with Crippen LogP contribution in [0.3, 0.4) is 0 Å². The molecule has 0 aliphatic rings. The van der Waals surface area contributed by atoms with Crippen molar-refractivity contribution in [3.05, 3.63) is 46.2 Å². The van der Waals surface area contributed by atoms with E-state index in [1.165, 1.54) is 6.92 Å². The van der Waals surface area contributed by atoms with Crippen LogP contribution in [0.2, 0.25) is 0 Å². The molecule has 0 fully saturated rings. The number of hydrogen-bond donors (Lipinski definition) is 1. The van der Waals surface area contributed by atoms with Crippen molar-refractivity contribution in [2.75, 3.05) is 20.3 Å². The van der Waals surface area contributed by atoms with Crippen molar-refractivity contribution < 1.29 is 9.53 Å². The number of nitrogens with one attached hydrogen (secondary N) is 1. The zero-order valence-electron chi connectivity index (χ0n) is 11.7. The SMILES string of the molecule is COCCN(Cc1cc2ccccc2[nH]c1=O)C(C)=O. The Hall–Kier alpha value is -2.14. The van der Waals surface area contributed by atoms with E-state index in [1.807, 2.05) is 30.3 Å². The number of pyridine rings is 1. The van der Waals surface area contributed by atoms with Crippen molar-refractivity contribution in [3.8, 4) is 0 Å². The second-order valence-electron chi connectivity index (χ2n) is 4.64. The average Bonchev–Trinajstić information content (AvgIpc) is 2.43. The van der Waals surface area contributed by atoms with Gasteiger partial charge >= 0.3 is 0 Å². The molecule has 1 aromatic heterocycles. The number of benzene rings is 1. The van der Waals surface area contributed by atoms with Gasteiger partial charge < -0.3 is 14.6 Å². The summed E-state index contributed by atoms with van der Waals surface area (Å²) in [6.45, 7) is 2.70. The van der Waals surface area contributed by atoms with Gasteiger partial charge in [-0.15, -0.1) is 0 Å². The Morgan fingerprint density at radius 1 is 1.35 bits per heavy atom. The molecular weight excluding hydrogens is 256 g/mol. The molecule has 1 amide bonds. The first-order valence-electron chi connectivity index (χ1n) is 6.47. The van der Waals surface area contributed by atoms with Gasteiger partial charge in [-0.05, 0) is 17.5 Å². The Labute approximate surface area is 117 Å². The number of carbonyl (C=O) groups excluding carboxylic acids is 1. The smallest absolute Gasteiger partial charge is 0.253 e. The average molecular weight is 274 g/mol. The fourth-order valence-electron chi connectivity index (χ4n) is 2.06. The Morgan fingerprint density at radius 3 is 2.80 bits per heavy atom. The van der Waals surface area contributed by atoms with Gasteiger partial charge in [0.05, 0.1) is 13.2 Å². The number of aromatic amines is 1. The molecule has 0 bridgehead atoms. The molecule has 0 radical (unpaired) electrons. The van der Waals surface area contributed by atoms with Gasteiger partial charge in [0.1, 0.15) is 0 Å². The summed E-state index contributed by atoms with van der Waals surface area (Å²) in [5.41, 5.74) is 1.22. The van der Waals surface area contributed by atoms with Gasteiger partial charge in [0.2, 0.25) is 5.91 Å². The minimum Gasteiger partial charge on any atom is -0.383 e. The molecule has 2 aromatic rings. The fraction of sp³-hybridized carbons (Fsp3) is 0.333. The van der Waals surface area contributed by atoms with Gasteiger partial charge in [0.25, 0.3) is 5.56 Å². The molecule has 2 rings (SSSR count). The number of carbonyl (C=O) groups is 1. The Morgan fingerprint density at radius 2 is 2.10 bits per heavy atom. The number of hydrogen-bond acceptors (Lipinski definition) is 3. The maximum atomic E-state index is 12.0. The molecule has 5 heteroatoms. The fourth-order valence-corrected chi connectivity index (χ4v) is 2.06. The minimum absolute atomic E-state index is 0.0744. The van der Waals surface area contributed by atoms with Gasteiger partial charge in [-0.3, -0.25) is 9.59 Å². The first-order valence-corrected chi connectivity index (χ1v) is 6.47. The van der Waals surface area contributed by atoms with Crippen LogP contribution < -0.4 is 5.56 Å². The molecule has 20 heavy (non-hydrogen) atoms. The summed E-state index contributed by atoms with van der Waals surface area (Å²) in [5.74, 6) is -0.0744. The lowest BCUT2D eigenvalue weighted by Crippen LogP contribution is -2.33. The molecular formula is C15H18N2O3. The topological polar surface area (TPSA) is 62.4 Å². The highest BCUT2D eigenvalue weighted by atomic mass is 16.5. The van der Waals surface area contributed by atoms with Crippen LogP contribution in [-0.4, -0.2) is 36.1 Å². The summed E-state index contributed by atoms with van der Waals surface area (Å²) in [6.07, 6.45) is 0. The van der Waals surface area contributed by atoms with Crippen LogP contribution in [0.1, 0.15) is 12.5 Å². The van der Waals surface area contributed by atoms with E-state index < -0.39 is 0 Å². The molecule has 0 atom stereocenters. The molecule has 0 unspecified atom stereocenters.